The Morgan fingerprint density at radius 2 is 1.57 bits per heavy atom. The fourth-order valence-electron chi connectivity index (χ4n) is 2.09. The average Bonchev–Trinajstić information content (AvgIpc) is 2.52. The number of benzene rings is 1. The molecule has 0 atom stereocenters. The molecule has 0 N–H and O–H groups in total. The van der Waals surface area contributed by atoms with Gasteiger partial charge in [-0.3, -0.25) is 4.98 Å². The fraction of sp³-hybridized carbons (Fsp3) is 0.353. The van der Waals surface area contributed by atoms with E-state index in [2.05, 4.69) is 14.8 Å². The molecule has 124 valence electrons. The summed E-state index contributed by atoms with van der Waals surface area (Å²) in [4.78, 5) is 8.54. The van der Waals surface area contributed by atoms with Crippen LogP contribution in [0.1, 0.15) is 5.56 Å². The van der Waals surface area contributed by atoms with Crippen molar-refractivity contribution in [3.05, 3.63) is 48.2 Å². The molecule has 0 spiro atoms. The second kappa shape index (κ2) is 7.00. The quantitative estimate of drug-likeness (QED) is 0.835. The van der Waals surface area contributed by atoms with Crippen LogP contribution in [0.5, 0.6) is 0 Å². The summed E-state index contributed by atoms with van der Waals surface area (Å²) < 4.78 is 37.7. The lowest BCUT2D eigenvalue weighted by molar-refractivity contribution is -0.137. The van der Waals surface area contributed by atoms with Gasteiger partial charge in [0.25, 0.3) is 0 Å². The van der Waals surface area contributed by atoms with Crippen molar-refractivity contribution in [2.45, 2.75) is 6.18 Å². The van der Waals surface area contributed by atoms with E-state index in [-0.39, 0.29) is 0 Å². The van der Waals surface area contributed by atoms with E-state index in [9.17, 15) is 13.2 Å². The molecule has 3 nitrogen and oxygen atoms in total. The minimum absolute atomic E-state index is 0.652. The number of hydrogen-bond donors (Lipinski definition) is 0. The molecule has 0 radical (unpaired) electrons. The van der Waals surface area contributed by atoms with Crippen molar-refractivity contribution in [1.29, 1.82) is 0 Å². The first-order chi connectivity index (χ1) is 10.8. The van der Waals surface area contributed by atoms with Gasteiger partial charge in [-0.25, -0.2) is 0 Å². The van der Waals surface area contributed by atoms with Gasteiger partial charge < -0.3 is 9.80 Å². The zero-order valence-electron chi connectivity index (χ0n) is 13.4. The Hall–Kier alpha value is -2.08. The summed E-state index contributed by atoms with van der Waals surface area (Å²) in [5.74, 6) is 0. The summed E-state index contributed by atoms with van der Waals surface area (Å²) in [5.41, 5.74) is 1.65. The molecule has 2 rings (SSSR count). The van der Waals surface area contributed by atoms with Crippen molar-refractivity contribution in [3.63, 3.8) is 0 Å². The van der Waals surface area contributed by atoms with Crippen LogP contribution in [0, 0.1) is 0 Å². The molecule has 0 fully saturated rings. The number of hydrogen-bond acceptors (Lipinski definition) is 3. The number of rotatable bonds is 5. The molecular formula is C17H20F3N3. The van der Waals surface area contributed by atoms with Crippen LogP contribution in [-0.2, 0) is 6.18 Å². The van der Waals surface area contributed by atoms with E-state index in [4.69, 9.17) is 0 Å². The molecule has 0 saturated heterocycles. The van der Waals surface area contributed by atoms with Crippen molar-refractivity contribution >= 4 is 5.69 Å². The minimum Gasteiger partial charge on any atom is -0.372 e. The van der Waals surface area contributed by atoms with Crippen LogP contribution in [0.4, 0.5) is 18.9 Å². The molecule has 0 saturated carbocycles. The first-order valence-electron chi connectivity index (χ1n) is 7.27. The number of alkyl halides is 3. The third-order valence-corrected chi connectivity index (χ3v) is 3.58. The maximum absolute atomic E-state index is 12.6. The van der Waals surface area contributed by atoms with Gasteiger partial charge in [0.2, 0.25) is 0 Å². The van der Waals surface area contributed by atoms with Gasteiger partial charge in [0, 0.05) is 25.7 Å². The van der Waals surface area contributed by atoms with E-state index in [1.807, 2.05) is 33.3 Å². The largest absolute Gasteiger partial charge is 0.416 e. The monoisotopic (exact) mass is 323 g/mol. The predicted molar refractivity (Wildman–Crippen MR) is 86.5 cm³/mol. The highest BCUT2D eigenvalue weighted by Gasteiger charge is 2.29. The maximum atomic E-state index is 12.6. The van der Waals surface area contributed by atoms with E-state index in [1.54, 1.807) is 6.20 Å². The molecule has 2 aromatic rings. The molecule has 1 aromatic carbocycles. The summed E-state index contributed by atoms with van der Waals surface area (Å²) in [7, 11) is 6.01. The Bertz CT molecular complexity index is 619. The van der Waals surface area contributed by atoms with Crippen LogP contribution < -0.4 is 4.90 Å². The highest BCUT2D eigenvalue weighted by atomic mass is 19.4. The Labute approximate surface area is 134 Å². The van der Waals surface area contributed by atoms with Gasteiger partial charge in [-0.05, 0) is 38.4 Å². The van der Waals surface area contributed by atoms with E-state index in [0.29, 0.717) is 11.3 Å². The Balaban J connectivity index is 2.10. The van der Waals surface area contributed by atoms with Gasteiger partial charge in [-0.15, -0.1) is 0 Å². The highest BCUT2D eigenvalue weighted by Crippen LogP contribution is 2.30. The molecule has 23 heavy (non-hydrogen) atoms. The summed E-state index contributed by atoms with van der Waals surface area (Å²) in [6, 6.07) is 8.79. The standard InChI is InChI=1S/C17H20F3N3/c1-22(2)10-11-23(3)15-8-9-16(21-12-15)13-4-6-14(7-5-13)17(18,19)20/h4-9,12H,10-11H2,1-3H3. The maximum Gasteiger partial charge on any atom is 0.416 e. The molecule has 1 heterocycles. The number of pyridine rings is 1. The van der Waals surface area contributed by atoms with Crippen LogP contribution in [0.25, 0.3) is 11.3 Å². The number of aromatic nitrogens is 1. The van der Waals surface area contributed by atoms with E-state index in [0.717, 1.165) is 30.9 Å². The second-order valence-electron chi connectivity index (χ2n) is 5.70. The zero-order valence-corrected chi connectivity index (χ0v) is 13.4. The Morgan fingerprint density at radius 1 is 0.913 bits per heavy atom. The molecule has 6 heteroatoms. The molecule has 0 aliphatic heterocycles. The molecule has 0 aliphatic carbocycles. The molecule has 0 amide bonds. The number of nitrogens with zero attached hydrogens (tertiary/aromatic N) is 3. The van der Waals surface area contributed by atoms with Crippen molar-refractivity contribution in [2.75, 3.05) is 39.1 Å². The van der Waals surface area contributed by atoms with Gasteiger partial charge in [0.1, 0.15) is 0 Å². The zero-order chi connectivity index (χ0) is 17.0. The second-order valence-corrected chi connectivity index (χ2v) is 5.70. The number of likely N-dealkylation sites (N-methyl/N-ethyl adjacent to an activating group) is 2. The molecular weight excluding hydrogens is 303 g/mol. The van der Waals surface area contributed by atoms with Crippen molar-refractivity contribution in [3.8, 4) is 11.3 Å². The van der Waals surface area contributed by atoms with Crippen LogP contribution in [0.2, 0.25) is 0 Å². The lowest BCUT2D eigenvalue weighted by atomic mass is 10.1. The summed E-state index contributed by atoms with van der Waals surface area (Å²) in [5, 5.41) is 0. The molecule has 0 unspecified atom stereocenters. The molecule has 0 bridgehead atoms. The lowest BCUT2D eigenvalue weighted by Crippen LogP contribution is -2.28. The van der Waals surface area contributed by atoms with E-state index < -0.39 is 11.7 Å². The Morgan fingerprint density at radius 3 is 2.04 bits per heavy atom. The number of anilines is 1. The van der Waals surface area contributed by atoms with Gasteiger partial charge in [0.05, 0.1) is 23.1 Å². The summed E-state index contributed by atoms with van der Waals surface area (Å²) in [6.45, 7) is 1.80. The first kappa shape index (κ1) is 17.3. The van der Waals surface area contributed by atoms with Gasteiger partial charge in [0.15, 0.2) is 0 Å². The fourth-order valence-corrected chi connectivity index (χ4v) is 2.09. The minimum atomic E-state index is -4.31. The van der Waals surface area contributed by atoms with Crippen LogP contribution >= 0.6 is 0 Å². The SMILES string of the molecule is CN(C)CCN(C)c1ccc(-c2ccc(C(F)(F)F)cc2)nc1. The third-order valence-electron chi connectivity index (χ3n) is 3.58. The van der Waals surface area contributed by atoms with E-state index >= 15 is 0 Å². The van der Waals surface area contributed by atoms with Crippen molar-refractivity contribution in [1.82, 2.24) is 9.88 Å². The predicted octanol–water partition coefficient (Wildman–Crippen LogP) is 3.77. The lowest BCUT2D eigenvalue weighted by Gasteiger charge is -2.21. The van der Waals surface area contributed by atoms with Crippen LogP contribution in [-0.4, -0.2) is 44.1 Å². The topological polar surface area (TPSA) is 19.4 Å². The van der Waals surface area contributed by atoms with Gasteiger partial charge in [-0.1, -0.05) is 12.1 Å². The van der Waals surface area contributed by atoms with Gasteiger partial charge >= 0.3 is 6.18 Å². The van der Waals surface area contributed by atoms with Crippen molar-refractivity contribution in [2.24, 2.45) is 0 Å². The highest BCUT2D eigenvalue weighted by molar-refractivity contribution is 5.61. The summed E-state index contributed by atoms with van der Waals surface area (Å²) >= 11 is 0. The molecule has 1 aromatic heterocycles. The Kier molecular flexibility index (Phi) is 5.26. The van der Waals surface area contributed by atoms with Gasteiger partial charge in [-0.2, -0.15) is 13.2 Å². The van der Waals surface area contributed by atoms with E-state index in [1.165, 1.54) is 12.1 Å². The first-order valence-corrected chi connectivity index (χ1v) is 7.27. The van der Waals surface area contributed by atoms with Crippen LogP contribution in [0.3, 0.4) is 0 Å². The normalized spacial score (nSPS) is 11.8. The average molecular weight is 323 g/mol. The van der Waals surface area contributed by atoms with Crippen LogP contribution in [0.15, 0.2) is 42.6 Å². The number of halogens is 3. The van der Waals surface area contributed by atoms with Crippen molar-refractivity contribution < 1.29 is 13.2 Å². The molecule has 0 aliphatic rings. The smallest absolute Gasteiger partial charge is 0.372 e. The summed E-state index contributed by atoms with van der Waals surface area (Å²) in [6.07, 6.45) is -2.58. The third kappa shape index (κ3) is 4.69.